The summed E-state index contributed by atoms with van der Waals surface area (Å²) in [6, 6.07) is 24.2. The van der Waals surface area contributed by atoms with Crippen molar-refractivity contribution in [3.8, 4) is 22.6 Å². The van der Waals surface area contributed by atoms with E-state index >= 15 is 0 Å². The highest BCUT2D eigenvalue weighted by molar-refractivity contribution is 5.92. The SMILES string of the molecule is CCN(CCOc1cc(NC(=O)Cc2ccc(-c3ccccc3)cc2)ccc1OC)C(C)C. The molecule has 0 aliphatic carbocycles. The molecule has 0 spiro atoms. The molecule has 0 saturated carbocycles. The smallest absolute Gasteiger partial charge is 0.228 e. The maximum atomic E-state index is 12.6. The Kier molecular flexibility index (Phi) is 8.90. The van der Waals surface area contributed by atoms with E-state index < -0.39 is 0 Å². The first-order valence-electron chi connectivity index (χ1n) is 11.5. The Morgan fingerprint density at radius 1 is 0.939 bits per heavy atom. The van der Waals surface area contributed by atoms with Gasteiger partial charge in [-0.2, -0.15) is 0 Å². The normalized spacial score (nSPS) is 11.0. The van der Waals surface area contributed by atoms with Crippen LogP contribution in [0.3, 0.4) is 0 Å². The van der Waals surface area contributed by atoms with Gasteiger partial charge in [0.25, 0.3) is 0 Å². The number of ether oxygens (including phenoxy) is 2. The van der Waals surface area contributed by atoms with Crippen molar-refractivity contribution in [2.45, 2.75) is 33.2 Å². The van der Waals surface area contributed by atoms with Crippen LogP contribution in [0.5, 0.6) is 11.5 Å². The Balaban J connectivity index is 1.59. The predicted octanol–water partition coefficient (Wildman–Crippen LogP) is 5.65. The lowest BCUT2D eigenvalue weighted by atomic mass is 10.0. The van der Waals surface area contributed by atoms with Gasteiger partial charge in [-0.3, -0.25) is 9.69 Å². The quantitative estimate of drug-likeness (QED) is 0.413. The number of carbonyl (C=O) groups excluding carboxylic acids is 1. The van der Waals surface area contributed by atoms with E-state index in [-0.39, 0.29) is 5.91 Å². The lowest BCUT2D eigenvalue weighted by Crippen LogP contribution is -2.34. The number of likely N-dealkylation sites (N-methyl/N-ethyl adjacent to an activating group) is 1. The predicted molar refractivity (Wildman–Crippen MR) is 135 cm³/mol. The summed E-state index contributed by atoms with van der Waals surface area (Å²) in [5.41, 5.74) is 3.95. The molecule has 0 saturated heterocycles. The standard InChI is InChI=1S/C28H34N2O3/c1-5-30(21(2)3)17-18-33-27-20-25(15-16-26(27)32-4)29-28(31)19-22-11-13-24(14-12-22)23-9-7-6-8-10-23/h6-16,20-21H,5,17-19H2,1-4H3,(H,29,31). The van der Waals surface area contributed by atoms with Crippen molar-refractivity contribution in [3.63, 3.8) is 0 Å². The Bertz CT molecular complexity index is 1020. The van der Waals surface area contributed by atoms with E-state index in [1.54, 1.807) is 7.11 Å². The van der Waals surface area contributed by atoms with Crippen LogP contribution in [0.4, 0.5) is 5.69 Å². The lowest BCUT2D eigenvalue weighted by molar-refractivity contribution is -0.115. The van der Waals surface area contributed by atoms with Gasteiger partial charge < -0.3 is 14.8 Å². The first-order valence-corrected chi connectivity index (χ1v) is 11.5. The molecule has 0 unspecified atom stereocenters. The summed E-state index contributed by atoms with van der Waals surface area (Å²) in [5.74, 6) is 1.20. The van der Waals surface area contributed by atoms with Gasteiger partial charge in [0.05, 0.1) is 13.5 Å². The second kappa shape index (κ2) is 12.1. The Hall–Kier alpha value is -3.31. The van der Waals surface area contributed by atoms with Crippen LogP contribution in [0.2, 0.25) is 0 Å². The average Bonchev–Trinajstić information content (AvgIpc) is 2.83. The van der Waals surface area contributed by atoms with Crippen LogP contribution in [0.25, 0.3) is 11.1 Å². The third kappa shape index (κ3) is 7.09. The second-order valence-electron chi connectivity index (χ2n) is 8.22. The van der Waals surface area contributed by atoms with E-state index in [0.29, 0.717) is 36.3 Å². The Labute approximate surface area is 197 Å². The highest BCUT2D eigenvalue weighted by Crippen LogP contribution is 2.30. The van der Waals surface area contributed by atoms with Gasteiger partial charge in [-0.15, -0.1) is 0 Å². The molecular weight excluding hydrogens is 412 g/mol. The number of carbonyl (C=O) groups is 1. The van der Waals surface area contributed by atoms with Gasteiger partial charge in [0, 0.05) is 24.3 Å². The van der Waals surface area contributed by atoms with E-state index in [2.05, 4.69) is 43.1 Å². The van der Waals surface area contributed by atoms with Crippen LogP contribution in [0.1, 0.15) is 26.3 Å². The zero-order valence-electron chi connectivity index (χ0n) is 20.0. The highest BCUT2D eigenvalue weighted by atomic mass is 16.5. The second-order valence-corrected chi connectivity index (χ2v) is 8.22. The largest absolute Gasteiger partial charge is 0.493 e. The zero-order chi connectivity index (χ0) is 23.6. The monoisotopic (exact) mass is 446 g/mol. The molecule has 1 N–H and O–H groups in total. The van der Waals surface area contributed by atoms with Crippen molar-refractivity contribution in [2.75, 3.05) is 32.1 Å². The molecule has 0 radical (unpaired) electrons. The van der Waals surface area contributed by atoms with Gasteiger partial charge in [0.1, 0.15) is 6.61 Å². The summed E-state index contributed by atoms with van der Waals surface area (Å²) >= 11 is 0. The van der Waals surface area contributed by atoms with Crippen molar-refractivity contribution >= 4 is 11.6 Å². The topological polar surface area (TPSA) is 50.8 Å². The number of nitrogens with one attached hydrogen (secondary N) is 1. The number of hydrogen-bond acceptors (Lipinski definition) is 4. The minimum atomic E-state index is -0.0736. The maximum Gasteiger partial charge on any atom is 0.228 e. The van der Waals surface area contributed by atoms with Gasteiger partial charge in [-0.05, 0) is 49.2 Å². The van der Waals surface area contributed by atoms with E-state index in [1.165, 1.54) is 0 Å². The molecule has 1 amide bonds. The molecule has 0 aromatic heterocycles. The van der Waals surface area contributed by atoms with Gasteiger partial charge in [-0.25, -0.2) is 0 Å². The van der Waals surface area contributed by atoms with E-state index in [0.717, 1.165) is 29.8 Å². The fourth-order valence-electron chi connectivity index (χ4n) is 3.76. The molecule has 3 aromatic carbocycles. The summed E-state index contributed by atoms with van der Waals surface area (Å²) < 4.78 is 11.4. The lowest BCUT2D eigenvalue weighted by Gasteiger charge is -2.24. The number of amides is 1. The summed E-state index contributed by atoms with van der Waals surface area (Å²) in [4.78, 5) is 15.0. The number of anilines is 1. The minimum absolute atomic E-state index is 0.0736. The molecule has 5 nitrogen and oxygen atoms in total. The molecular formula is C28H34N2O3. The molecule has 0 aliphatic rings. The van der Waals surface area contributed by atoms with Gasteiger partial charge in [0.15, 0.2) is 11.5 Å². The Morgan fingerprint density at radius 3 is 2.27 bits per heavy atom. The van der Waals surface area contributed by atoms with Crippen molar-refractivity contribution in [1.29, 1.82) is 0 Å². The molecule has 0 heterocycles. The van der Waals surface area contributed by atoms with Crippen molar-refractivity contribution in [1.82, 2.24) is 4.90 Å². The van der Waals surface area contributed by atoms with E-state index in [9.17, 15) is 4.79 Å². The molecule has 33 heavy (non-hydrogen) atoms. The fourth-order valence-corrected chi connectivity index (χ4v) is 3.76. The van der Waals surface area contributed by atoms with Crippen LogP contribution in [-0.4, -0.2) is 43.7 Å². The maximum absolute atomic E-state index is 12.6. The van der Waals surface area contributed by atoms with Gasteiger partial charge in [-0.1, -0.05) is 61.5 Å². The first-order chi connectivity index (χ1) is 16.0. The number of hydrogen-bond donors (Lipinski definition) is 1. The van der Waals surface area contributed by atoms with Gasteiger partial charge in [0.2, 0.25) is 5.91 Å². The summed E-state index contributed by atoms with van der Waals surface area (Å²) in [6.45, 7) is 8.85. The van der Waals surface area contributed by atoms with Crippen LogP contribution >= 0.6 is 0 Å². The third-order valence-corrected chi connectivity index (χ3v) is 5.65. The Morgan fingerprint density at radius 2 is 1.64 bits per heavy atom. The van der Waals surface area contributed by atoms with Crippen LogP contribution in [-0.2, 0) is 11.2 Å². The molecule has 0 fully saturated rings. The molecule has 3 rings (SSSR count). The number of nitrogens with zero attached hydrogens (tertiary/aromatic N) is 1. The van der Waals surface area contributed by atoms with E-state index in [1.807, 2.05) is 60.7 Å². The van der Waals surface area contributed by atoms with Crippen LogP contribution < -0.4 is 14.8 Å². The average molecular weight is 447 g/mol. The van der Waals surface area contributed by atoms with E-state index in [4.69, 9.17) is 9.47 Å². The number of rotatable bonds is 11. The highest BCUT2D eigenvalue weighted by Gasteiger charge is 2.11. The summed E-state index contributed by atoms with van der Waals surface area (Å²) in [6.07, 6.45) is 0.303. The molecule has 174 valence electrons. The molecule has 3 aromatic rings. The number of benzene rings is 3. The molecule has 5 heteroatoms. The summed E-state index contributed by atoms with van der Waals surface area (Å²) in [7, 11) is 1.62. The number of methoxy groups -OCH3 is 1. The van der Waals surface area contributed by atoms with Crippen molar-refractivity contribution in [2.24, 2.45) is 0 Å². The van der Waals surface area contributed by atoms with Crippen LogP contribution in [0.15, 0.2) is 72.8 Å². The minimum Gasteiger partial charge on any atom is -0.493 e. The van der Waals surface area contributed by atoms with Crippen LogP contribution in [0, 0.1) is 0 Å². The first kappa shape index (κ1) is 24.3. The van der Waals surface area contributed by atoms with Crippen molar-refractivity contribution < 1.29 is 14.3 Å². The van der Waals surface area contributed by atoms with Crippen molar-refractivity contribution in [3.05, 3.63) is 78.4 Å². The van der Waals surface area contributed by atoms with Gasteiger partial charge >= 0.3 is 0 Å². The third-order valence-electron chi connectivity index (χ3n) is 5.65. The molecule has 0 atom stereocenters. The zero-order valence-corrected chi connectivity index (χ0v) is 20.0. The summed E-state index contributed by atoms with van der Waals surface area (Å²) in [5, 5.41) is 2.97. The fraction of sp³-hybridized carbons (Fsp3) is 0.321. The molecule has 0 aliphatic heterocycles. The molecule has 0 bridgehead atoms.